The fourth-order valence-electron chi connectivity index (χ4n) is 5.73. The maximum Gasteiger partial charge on any atom is 0.166 e. The van der Waals surface area contributed by atoms with Crippen LogP contribution in [0.4, 0.5) is 0 Å². The molecular weight excluding hydrogens is 845 g/mol. The fraction of sp³-hybridized carbons (Fsp3) is 0.0816. The minimum absolute atomic E-state index is 0.0674. The molecule has 0 saturated carbocycles. The Labute approximate surface area is 367 Å². The number of Topliss-reactive ketones (excluding diaryl/α,β-unsaturated/α-hetero) is 3. The van der Waals surface area contributed by atoms with Crippen LogP contribution in [-0.2, 0) is 21.0 Å². The monoisotopic (exact) mass is 884 g/mol. The molecule has 0 aliphatic heterocycles. The van der Waals surface area contributed by atoms with Crippen molar-refractivity contribution in [2.24, 2.45) is 0 Å². The van der Waals surface area contributed by atoms with E-state index in [-0.39, 0.29) is 33.1 Å². The number of hydrogen-bond acceptors (Lipinski definition) is 9. The number of hydrogen-bond donors (Lipinski definition) is 0. The van der Waals surface area contributed by atoms with E-state index in [1.807, 2.05) is 79.7 Å². The van der Waals surface area contributed by atoms with Crippen LogP contribution in [0.2, 0.25) is 0 Å². The topological polar surface area (TPSA) is 108 Å². The number of rotatable bonds is 13. The van der Waals surface area contributed by atoms with Crippen LogP contribution in [0.5, 0.6) is 0 Å². The molecule has 0 saturated heterocycles. The van der Waals surface area contributed by atoms with Gasteiger partial charge >= 0.3 is 0 Å². The first-order valence-corrected chi connectivity index (χ1v) is 23.7. The summed E-state index contributed by atoms with van der Waals surface area (Å²) in [6.45, 7) is 6.57. The Morgan fingerprint density at radius 1 is 0.400 bits per heavy atom. The molecule has 0 aliphatic rings. The SMILES string of the molecule is CC(=O)c1ccc(Sc2ccc([S+](c3ccc(Sc4ccc(C(C)=O)cc4)cc3)c3ccc(Sc4ccc(C(C)=O)cc4)cc3)cc2)cc1.Cc1ccc(S(=O)(=O)[O-])cc1. The van der Waals surface area contributed by atoms with Gasteiger partial charge in [-0.2, -0.15) is 0 Å². The summed E-state index contributed by atoms with van der Waals surface area (Å²) in [5.74, 6) is 0.202. The summed E-state index contributed by atoms with van der Waals surface area (Å²) < 4.78 is 31.2. The molecule has 0 atom stereocenters. The molecule has 7 aromatic rings. The standard InChI is InChI=1S/C42H33O3S4.C7H8O3S/c1-28(43)31-4-10-34(11-5-31)46-37-16-22-40(23-17-37)49(41-24-18-38(19-25-41)47-35-12-6-32(7-13-35)29(2)44)42-26-20-39(21-27-42)48-36-14-8-33(9-15-36)30(3)45;1-6-2-4-7(5-3-6)11(8,9)10/h4-27H,1-3H3;2-5H,1H3,(H,8,9,10)/q+1;/p-1. The summed E-state index contributed by atoms with van der Waals surface area (Å²) >= 11 is 5.04. The maximum absolute atomic E-state index is 11.7. The lowest BCUT2D eigenvalue weighted by atomic mass is 10.2. The molecular formula is C49H40O6S5. The Hall–Kier alpha value is -5.14. The van der Waals surface area contributed by atoms with E-state index in [0.717, 1.165) is 34.9 Å². The van der Waals surface area contributed by atoms with Crippen molar-refractivity contribution in [3.63, 3.8) is 0 Å². The van der Waals surface area contributed by atoms with E-state index in [1.165, 1.54) is 26.8 Å². The molecule has 0 aliphatic carbocycles. The second-order valence-corrected chi connectivity index (χ2v) is 20.4. The van der Waals surface area contributed by atoms with Gasteiger partial charge in [-0.05, 0) is 149 Å². The van der Waals surface area contributed by atoms with Gasteiger partial charge in [0.1, 0.15) is 10.1 Å². The minimum atomic E-state index is -4.27. The van der Waals surface area contributed by atoms with Crippen molar-refractivity contribution in [2.75, 3.05) is 0 Å². The van der Waals surface area contributed by atoms with Gasteiger partial charge in [-0.25, -0.2) is 8.42 Å². The van der Waals surface area contributed by atoms with Crippen LogP contribution in [0.3, 0.4) is 0 Å². The van der Waals surface area contributed by atoms with Gasteiger partial charge in [0.05, 0.1) is 15.8 Å². The molecule has 7 rings (SSSR count). The molecule has 0 heterocycles. The Morgan fingerprint density at radius 2 is 0.633 bits per heavy atom. The number of aryl methyl sites for hydroxylation is 1. The van der Waals surface area contributed by atoms with Gasteiger partial charge in [0.25, 0.3) is 0 Å². The zero-order valence-electron chi connectivity index (χ0n) is 33.2. The first-order chi connectivity index (χ1) is 28.7. The van der Waals surface area contributed by atoms with Crippen molar-refractivity contribution >= 4 is 73.6 Å². The Morgan fingerprint density at radius 3 is 0.850 bits per heavy atom. The van der Waals surface area contributed by atoms with E-state index in [0.29, 0.717) is 16.7 Å². The summed E-state index contributed by atoms with van der Waals surface area (Å²) in [5, 5.41) is 0. The molecule has 0 unspecified atom stereocenters. The average Bonchev–Trinajstić information content (AvgIpc) is 3.23. The van der Waals surface area contributed by atoms with E-state index in [2.05, 4.69) is 72.8 Å². The molecule has 0 spiro atoms. The predicted octanol–water partition coefficient (Wildman–Crippen LogP) is 12.7. The van der Waals surface area contributed by atoms with Crippen molar-refractivity contribution in [3.8, 4) is 0 Å². The summed E-state index contributed by atoms with van der Waals surface area (Å²) in [6, 6.07) is 55.3. The van der Waals surface area contributed by atoms with E-state index in [4.69, 9.17) is 0 Å². The van der Waals surface area contributed by atoms with Gasteiger partial charge in [0, 0.05) is 46.1 Å². The Balaban J connectivity index is 0.000000477. The first kappa shape index (κ1) is 44.4. The van der Waals surface area contributed by atoms with E-state index >= 15 is 0 Å². The molecule has 0 fully saturated rings. The molecule has 0 radical (unpaired) electrons. The summed E-state index contributed by atoms with van der Waals surface area (Å²) in [6.07, 6.45) is 0. The van der Waals surface area contributed by atoms with Crippen molar-refractivity contribution in [2.45, 2.75) is 76.6 Å². The maximum atomic E-state index is 11.7. The molecule has 60 heavy (non-hydrogen) atoms. The molecule has 6 nitrogen and oxygen atoms in total. The smallest absolute Gasteiger partial charge is 0.166 e. The molecule has 0 bridgehead atoms. The normalized spacial score (nSPS) is 11.1. The van der Waals surface area contributed by atoms with Crippen LogP contribution in [0.1, 0.15) is 57.4 Å². The molecule has 0 N–H and O–H groups in total. The largest absolute Gasteiger partial charge is 0.744 e. The molecule has 302 valence electrons. The van der Waals surface area contributed by atoms with Gasteiger partial charge in [-0.1, -0.05) is 89.4 Å². The zero-order chi connectivity index (χ0) is 42.8. The van der Waals surface area contributed by atoms with E-state index in [1.54, 1.807) is 68.2 Å². The average molecular weight is 885 g/mol. The van der Waals surface area contributed by atoms with Crippen molar-refractivity contribution in [3.05, 3.63) is 192 Å². The number of carbonyl (C=O) groups excluding carboxylic acids is 3. The summed E-state index contributed by atoms with van der Waals surface area (Å²) in [7, 11) is -4.61. The molecule has 0 amide bonds. The highest BCUT2D eigenvalue weighted by molar-refractivity contribution is 8.00. The van der Waals surface area contributed by atoms with Gasteiger partial charge < -0.3 is 4.55 Å². The second kappa shape index (κ2) is 20.4. The first-order valence-electron chi connectivity index (χ1n) is 18.7. The van der Waals surface area contributed by atoms with E-state index < -0.39 is 10.1 Å². The quantitative estimate of drug-likeness (QED) is 0.0635. The lowest BCUT2D eigenvalue weighted by molar-refractivity contribution is 0.100. The second-order valence-electron chi connectivity index (χ2n) is 13.5. The molecule has 0 aromatic heterocycles. The van der Waals surface area contributed by atoms with Crippen molar-refractivity contribution in [1.82, 2.24) is 0 Å². The third-order valence-corrected chi connectivity index (χ3v) is 15.1. The number of carbonyl (C=O) groups is 3. The highest BCUT2D eigenvalue weighted by Crippen LogP contribution is 2.37. The Kier molecular flexibility index (Phi) is 15.1. The highest BCUT2D eigenvalue weighted by atomic mass is 32.2. The van der Waals surface area contributed by atoms with Gasteiger partial charge in [-0.3, -0.25) is 14.4 Å². The van der Waals surface area contributed by atoms with Crippen LogP contribution < -0.4 is 0 Å². The van der Waals surface area contributed by atoms with Crippen molar-refractivity contribution in [1.29, 1.82) is 0 Å². The van der Waals surface area contributed by atoms with Crippen molar-refractivity contribution < 1.29 is 27.4 Å². The van der Waals surface area contributed by atoms with Crippen LogP contribution in [0.25, 0.3) is 0 Å². The van der Waals surface area contributed by atoms with Crippen LogP contribution in [0.15, 0.2) is 219 Å². The molecule has 11 heteroatoms. The van der Waals surface area contributed by atoms with Crippen LogP contribution in [0, 0.1) is 6.92 Å². The summed E-state index contributed by atoms with van der Waals surface area (Å²) in [4.78, 5) is 45.2. The summed E-state index contributed by atoms with van der Waals surface area (Å²) in [5.41, 5.74) is 3.08. The number of ketones is 3. The Bertz CT molecular complexity index is 2430. The van der Waals surface area contributed by atoms with Crippen LogP contribution in [-0.4, -0.2) is 30.3 Å². The van der Waals surface area contributed by atoms with Crippen LogP contribution >= 0.6 is 35.3 Å². The van der Waals surface area contributed by atoms with Gasteiger partial charge in [0.15, 0.2) is 32.0 Å². The third-order valence-electron chi connectivity index (χ3n) is 8.98. The third kappa shape index (κ3) is 12.4. The molecule has 7 aromatic carbocycles. The number of benzene rings is 7. The van der Waals surface area contributed by atoms with Gasteiger partial charge in [-0.15, -0.1) is 0 Å². The highest BCUT2D eigenvalue weighted by Gasteiger charge is 2.29. The van der Waals surface area contributed by atoms with Gasteiger partial charge in [0.2, 0.25) is 0 Å². The lowest BCUT2D eigenvalue weighted by Crippen LogP contribution is -2.04. The predicted molar refractivity (Wildman–Crippen MR) is 242 cm³/mol. The lowest BCUT2D eigenvalue weighted by Gasteiger charge is -2.11. The zero-order valence-corrected chi connectivity index (χ0v) is 37.2. The fourth-order valence-corrected chi connectivity index (χ4v) is 10.7. The van der Waals surface area contributed by atoms with E-state index in [9.17, 15) is 27.4 Å². The minimum Gasteiger partial charge on any atom is -0.744 e.